The molecule has 39 heavy (non-hydrogen) atoms. The molecule has 0 radical (unpaired) electrons. The third-order valence-corrected chi connectivity index (χ3v) is 7.06. The molecule has 1 aromatic heterocycles. The molecule has 1 heterocycles. The average molecular weight is 545 g/mol. The number of carbonyl (C=O) groups is 4. The standard InChI is InChI=1S/C28H44N6O5/c1-5-17(4)24(34-26(36)23(16(2)3)33-25(35)20(30)11-8-9-13-29)27(37)32-22(28(38)39)14-18-15-31-21-12-7-6-10-19(18)21/h6-7,10,12,15-17,20,22-24,31H,5,8-9,11,13-14,29-30H2,1-4H3,(H,32,37)(H,33,35)(H,34,36)(H,38,39). The first-order valence-electron chi connectivity index (χ1n) is 13.6. The van der Waals surface area contributed by atoms with Gasteiger partial charge < -0.3 is 37.5 Å². The third-order valence-electron chi connectivity index (χ3n) is 7.06. The summed E-state index contributed by atoms with van der Waals surface area (Å²) in [4.78, 5) is 54.4. The Kier molecular flexibility index (Phi) is 12.4. The number of nitrogens with two attached hydrogens (primary N) is 2. The number of fused-ring (bicyclic) bond motifs is 1. The number of H-pyrrole nitrogens is 1. The summed E-state index contributed by atoms with van der Waals surface area (Å²) in [7, 11) is 0. The lowest BCUT2D eigenvalue weighted by molar-refractivity contribution is -0.142. The summed E-state index contributed by atoms with van der Waals surface area (Å²) in [5.41, 5.74) is 13.1. The molecule has 0 aliphatic rings. The highest BCUT2D eigenvalue weighted by atomic mass is 16.4. The topological polar surface area (TPSA) is 192 Å². The maximum Gasteiger partial charge on any atom is 0.326 e. The number of para-hydroxylation sites is 1. The van der Waals surface area contributed by atoms with Gasteiger partial charge in [-0.15, -0.1) is 0 Å². The lowest BCUT2D eigenvalue weighted by atomic mass is 9.95. The van der Waals surface area contributed by atoms with Gasteiger partial charge in [-0.2, -0.15) is 0 Å². The predicted octanol–water partition coefficient (Wildman–Crippen LogP) is 1.41. The van der Waals surface area contributed by atoms with E-state index in [1.165, 1.54) is 0 Å². The van der Waals surface area contributed by atoms with Crippen molar-refractivity contribution < 1.29 is 24.3 Å². The van der Waals surface area contributed by atoms with Gasteiger partial charge in [-0.1, -0.05) is 58.7 Å². The Labute approximate surface area is 229 Å². The SMILES string of the molecule is CCC(C)C(NC(=O)C(NC(=O)C(N)CCCCN)C(C)C)C(=O)NC(Cc1c[nH]c2ccccc12)C(=O)O. The van der Waals surface area contributed by atoms with Gasteiger partial charge in [0.2, 0.25) is 17.7 Å². The van der Waals surface area contributed by atoms with E-state index in [4.69, 9.17) is 11.5 Å². The Bertz CT molecular complexity index is 1120. The Morgan fingerprint density at radius 2 is 1.59 bits per heavy atom. The number of aromatic nitrogens is 1. The van der Waals surface area contributed by atoms with Crippen molar-refractivity contribution in [1.82, 2.24) is 20.9 Å². The fourth-order valence-electron chi connectivity index (χ4n) is 4.36. The van der Waals surface area contributed by atoms with Gasteiger partial charge >= 0.3 is 5.97 Å². The van der Waals surface area contributed by atoms with Crippen molar-refractivity contribution >= 4 is 34.6 Å². The van der Waals surface area contributed by atoms with E-state index in [1.807, 2.05) is 31.2 Å². The fourth-order valence-corrected chi connectivity index (χ4v) is 4.36. The lowest BCUT2D eigenvalue weighted by Crippen LogP contribution is -2.60. The number of benzene rings is 1. The molecule has 0 bridgehead atoms. The second kappa shape index (κ2) is 15.2. The molecule has 0 aliphatic carbocycles. The van der Waals surface area contributed by atoms with E-state index in [0.29, 0.717) is 25.8 Å². The summed E-state index contributed by atoms with van der Waals surface area (Å²) >= 11 is 0. The highest BCUT2D eigenvalue weighted by Gasteiger charge is 2.34. The number of aliphatic carboxylic acids is 1. The summed E-state index contributed by atoms with van der Waals surface area (Å²) in [5.74, 6) is -3.33. The zero-order valence-corrected chi connectivity index (χ0v) is 23.3. The Morgan fingerprint density at radius 1 is 0.949 bits per heavy atom. The monoisotopic (exact) mass is 544 g/mol. The average Bonchev–Trinajstić information content (AvgIpc) is 3.31. The van der Waals surface area contributed by atoms with Crippen LogP contribution in [0, 0.1) is 11.8 Å². The van der Waals surface area contributed by atoms with Crippen LogP contribution in [0.1, 0.15) is 58.9 Å². The molecule has 2 rings (SSSR count). The van der Waals surface area contributed by atoms with E-state index in [2.05, 4.69) is 20.9 Å². The molecule has 0 saturated carbocycles. The largest absolute Gasteiger partial charge is 0.480 e. The number of nitrogens with one attached hydrogen (secondary N) is 4. The summed E-state index contributed by atoms with van der Waals surface area (Å²) in [6.07, 6.45) is 4.25. The number of unbranched alkanes of at least 4 members (excludes halogenated alkanes) is 1. The van der Waals surface area contributed by atoms with Crippen LogP contribution in [-0.2, 0) is 25.6 Å². The first-order valence-corrected chi connectivity index (χ1v) is 13.6. The molecule has 11 nitrogen and oxygen atoms in total. The third kappa shape index (κ3) is 9.07. The Hall–Kier alpha value is -3.44. The smallest absolute Gasteiger partial charge is 0.326 e. The molecule has 5 unspecified atom stereocenters. The fraction of sp³-hybridized carbons (Fsp3) is 0.571. The van der Waals surface area contributed by atoms with Crippen molar-refractivity contribution in [2.45, 2.75) is 84.0 Å². The van der Waals surface area contributed by atoms with E-state index < -0.39 is 47.9 Å². The van der Waals surface area contributed by atoms with E-state index >= 15 is 0 Å². The van der Waals surface area contributed by atoms with Crippen LogP contribution in [0.4, 0.5) is 0 Å². The number of carboxylic acid groups (broad SMARTS) is 1. The van der Waals surface area contributed by atoms with Gasteiger partial charge in [0.25, 0.3) is 0 Å². The molecule has 0 aliphatic heterocycles. The highest BCUT2D eigenvalue weighted by molar-refractivity contribution is 5.94. The van der Waals surface area contributed by atoms with Gasteiger partial charge in [-0.05, 0) is 42.9 Å². The van der Waals surface area contributed by atoms with Crippen molar-refractivity contribution in [1.29, 1.82) is 0 Å². The van der Waals surface area contributed by atoms with Crippen LogP contribution in [-0.4, -0.2) is 64.5 Å². The van der Waals surface area contributed by atoms with Gasteiger partial charge in [0.1, 0.15) is 18.1 Å². The molecule has 9 N–H and O–H groups in total. The molecule has 1 aromatic carbocycles. The van der Waals surface area contributed by atoms with Crippen molar-refractivity contribution in [2.75, 3.05) is 6.54 Å². The van der Waals surface area contributed by atoms with Gasteiger partial charge in [0, 0.05) is 23.5 Å². The summed E-state index contributed by atoms with van der Waals surface area (Å²) in [6.45, 7) is 7.75. The molecule has 0 saturated heterocycles. The molecule has 0 spiro atoms. The second-order valence-corrected chi connectivity index (χ2v) is 10.5. The van der Waals surface area contributed by atoms with Crippen LogP contribution in [0.5, 0.6) is 0 Å². The molecule has 5 atom stereocenters. The first kappa shape index (κ1) is 31.8. The molecule has 216 valence electrons. The van der Waals surface area contributed by atoms with E-state index in [9.17, 15) is 24.3 Å². The molecular formula is C28H44N6O5. The zero-order chi connectivity index (χ0) is 29.1. The van der Waals surface area contributed by atoms with Gasteiger partial charge in [-0.25, -0.2) is 4.79 Å². The number of hydrogen-bond acceptors (Lipinski definition) is 6. The van der Waals surface area contributed by atoms with Crippen molar-refractivity contribution in [2.24, 2.45) is 23.3 Å². The summed E-state index contributed by atoms with van der Waals surface area (Å²) in [5, 5.41) is 18.8. The number of carbonyl (C=O) groups excluding carboxylic acids is 3. The highest BCUT2D eigenvalue weighted by Crippen LogP contribution is 2.19. The number of rotatable bonds is 16. The van der Waals surface area contributed by atoms with E-state index in [0.717, 1.165) is 22.9 Å². The Balaban J connectivity index is 2.14. The number of hydrogen-bond donors (Lipinski definition) is 7. The van der Waals surface area contributed by atoms with Gasteiger partial charge in [-0.3, -0.25) is 14.4 Å². The normalized spacial score (nSPS) is 15.3. The maximum absolute atomic E-state index is 13.3. The van der Waals surface area contributed by atoms with Crippen LogP contribution >= 0.6 is 0 Å². The molecular weight excluding hydrogens is 500 g/mol. The van der Waals surface area contributed by atoms with Crippen LogP contribution in [0.3, 0.4) is 0 Å². The van der Waals surface area contributed by atoms with Crippen LogP contribution in [0.2, 0.25) is 0 Å². The lowest BCUT2D eigenvalue weighted by Gasteiger charge is -2.29. The minimum absolute atomic E-state index is 0.0684. The van der Waals surface area contributed by atoms with Gasteiger partial charge in [0.05, 0.1) is 6.04 Å². The van der Waals surface area contributed by atoms with Crippen molar-refractivity contribution in [3.8, 4) is 0 Å². The zero-order valence-electron chi connectivity index (χ0n) is 23.3. The van der Waals surface area contributed by atoms with Crippen molar-refractivity contribution in [3.63, 3.8) is 0 Å². The number of aromatic amines is 1. The van der Waals surface area contributed by atoms with Crippen LogP contribution in [0.25, 0.3) is 10.9 Å². The molecule has 0 fully saturated rings. The Morgan fingerprint density at radius 3 is 2.21 bits per heavy atom. The molecule has 2 aromatic rings. The van der Waals surface area contributed by atoms with Crippen LogP contribution < -0.4 is 27.4 Å². The van der Waals surface area contributed by atoms with Crippen molar-refractivity contribution in [3.05, 3.63) is 36.0 Å². The van der Waals surface area contributed by atoms with Gasteiger partial charge in [0.15, 0.2) is 0 Å². The maximum atomic E-state index is 13.3. The molecule has 3 amide bonds. The second-order valence-electron chi connectivity index (χ2n) is 10.5. The predicted molar refractivity (Wildman–Crippen MR) is 151 cm³/mol. The minimum atomic E-state index is -1.20. The van der Waals surface area contributed by atoms with Crippen LogP contribution in [0.15, 0.2) is 30.5 Å². The summed E-state index contributed by atoms with van der Waals surface area (Å²) < 4.78 is 0. The van der Waals surface area contributed by atoms with E-state index in [1.54, 1.807) is 27.0 Å². The minimum Gasteiger partial charge on any atom is -0.480 e. The quantitative estimate of drug-likeness (QED) is 0.155. The summed E-state index contributed by atoms with van der Waals surface area (Å²) in [6, 6.07) is 3.61. The molecule has 11 heteroatoms. The number of carboxylic acids is 1. The van der Waals surface area contributed by atoms with E-state index in [-0.39, 0.29) is 18.3 Å². The number of amides is 3. The first-order chi connectivity index (χ1) is 18.5.